The summed E-state index contributed by atoms with van der Waals surface area (Å²) in [7, 11) is 0. The van der Waals surface area contributed by atoms with Gasteiger partial charge in [0.25, 0.3) is 0 Å². The zero-order chi connectivity index (χ0) is 19.1. The van der Waals surface area contributed by atoms with Crippen molar-refractivity contribution in [1.82, 2.24) is 9.99 Å². The molecule has 0 saturated carbocycles. The zero-order valence-electron chi connectivity index (χ0n) is 15.6. The highest BCUT2D eigenvalue weighted by atomic mass is 35.5. The molecule has 0 spiro atoms. The number of hydrogen-bond acceptors (Lipinski definition) is 3. The van der Waals surface area contributed by atoms with Crippen LogP contribution in [0.25, 0.3) is 11.0 Å². The van der Waals surface area contributed by atoms with Crippen LogP contribution in [0.3, 0.4) is 0 Å². The molecule has 0 saturated heterocycles. The number of aryl methyl sites for hydroxylation is 1. The first-order valence-electron chi connectivity index (χ1n) is 8.39. The van der Waals surface area contributed by atoms with Crippen molar-refractivity contribution >= 4 is 34.7 Å². The van der Waals surface area contributed by atoms with E-state index < -0.39 is 5.91 Å². The van der Waals surface area contributed by atoms with Gasteiger partial charge in [0.2, 0.25) is 0 Å². The molecule has 0 atom stereocenters. The first kappa shape index (κ1) is 18.3. The second kappa shape index (κ2) is 6.65. The molecule has 0 aliphatic heterocycles. The summed E-state index contributed by atoms with van der Waals surface area (Å²) < 4.78 is 7.78. The van der Waals surface area contributed by atoms with Crippen LogP contribution >= 0.6 is 11.6 Å². The molecule has 5 nitrogen and oxygen atoms in total. The SMILES string of the molecule is Cc1cc(/C=N/NC(=O)c2cc3cc(Cl)ccc3o2)c(C)n1C(C)(C)C. The number of nitrogens with zero attached hydrogens (tertiary/aromatic N) is 2. The van der Waals surface area contributed by atoms with Gasteiger partial charge in [0, 0.05) is 32.9 Å². The van der Waals surface area contributed by atoms with Crippen molar-refractivity contribution in [2.24, 2.45) is 5.10 Å². The zero-order valence-corrected chi connectivity index (χ0v) is 16.3. The van der Waals surface area contributed by atoms with Crippen molar-refractivity contribution in [3.63, 3.8) is 0 Å². The highest BCUT2D eigenvalue weighted by Gasteiger charge is 2.19. The number of rotatable bonds is 3. The van der Waals surface area contributed by atoms with E-state index in [9.17, 15) is 4.79 Å². The first-order valence-corrected chi connectivity index (χ1v) is 8.76. The maximum absolute atomic E-state index is 12.2. The summed E-state index contributed by atoms with van der Waals surface area (Å²) in [5, 5.41) is 5.45. The predicted octanol–water partition coefficient (Wildman–Crippen LogP) is 5.02. The summed E-state index contributed by atoms with van der Waals surface area (Å²) >= 11 is 5.95. The number of hydrogen-bond donors (Lipinski definition) is 1. The lowest BCUT2D eigenvalue weighted by Crippen LogP contribution is -2.24. The van der Waals surface area contributed by atoms with E-state index in [2.05, 4.69) is 48.9 Å². The summed E-state index contributed by atoms with van der Waals surface area (Å²) in [6, 6.07) is 8.91. The standard InChI is InChI=1S/C20H22ClN3O2/c1-12-8-15(13(2)24(12)20(3,4)5)11-22-23-19(25)18-10-14-9-16(21)6-7-17(14)26-18/h6-11H,1-5H3,(H,23,25)/b22-11+. The van der Waals surface area contributed by atoms with Crippen molar-refractivity contribution in [2.75, 3.05) is 0 Å². The molecule has 1 N–H and O–H groups in total. The van der Waals surface area contributed by atoms with Crippen LogP contribution in [0.5, 0.6) is 0 Å². The van der Waals surface area contributed by atoms with Crippen molar-refractivity contribution in [1.29, 1.82) is 0 Å². The van der Waals surface area contributed by atoms with Crippen molar-refractivity contribution in [2.45, 2.75) is 40.2 Å². The van der Waals surface area contributed by atoms with E-state index in [0.717, 1.165) is 22.3 Å². The van der Waals surface area contributed by atoms with E-state index in [0.29, 0.717) is 10.6 Å². The highest BCUT2D eigenvalue weighted by molar-refractivity contribution is 6.31. The molecule has 3 aromatic rings. The van der Waals surface area contributed by atoms with Crippen LogP contribution in [-0.2, 0) is 5.54 Å². The third kappa shape index (κ3) is 3.53. The average molecular weight is 372 g/mol. The molecule has 26 heavy (non-hydrogen) atoms. The average Bonchev–Trinajstić information content (AvgIpc) is 3.07. The number of halogens is 1. The normalized spacial score (nSPS) is 12.2. The summed E-state index contributed by atoms with van der Waals surface area (Å²) in [6.45, 7) is 10.6. The summed E-state index contributed by atoms with van der Waals surface area (Å²) in [5.74, 6) is -0.210. The van der Waals surface area contributed by atoms with Crippen LogP contribution in [0.2, 0.25) is 5.02 Å². The fourth-order valence-corrected chi connectivity index (χ4v) is 3.47. The van der Waals surface area contributed by atoms with Gasteiger partial charge in [-0.25, -0.2) is 5.43 Å². The molecule has 0 unspecified atom stereocenters. The Morgan fingerprint density at radius 3 is 2.62 bits per heavy atom. The van der Waals surface area contributed by atoms with Crippen LogP contribution in [0, 0.1) is 13.8 Å². The minimum atomic E-state index is -0.404. The number of nitrogens with one attached hydrogen (secondary N) is 1. The van der Waals surface area contributed by atoms with Gasteiger partial charge in [0.05, 0.1) is 6.21 Å². The second-order valence-corrected chi connectivity index (χ2v) is 7.76. The Labute approximate surface area is 157 Å². The van der Waals surface area contributed by atoms with Crippen LogP contribution in [0.4, 0.5) is 0 Å². The van der Waals surface area contributed by atoms with Gasteiger partial charge in [0.15, 0.2) is 5.76 Å². The molecule has 1 aromatic carbocycles. The van der Waals surface area contributed by atoms with Crippen LogP contribution in [-0.4, -0.2) is 16.7 Å². The van der Waals surface area contributed by atoms with Gasteiger partial charge in [-0.15, -0.1) is 0 Å². The quantitative estimate of drug-likeness (QED) is 0.519. The van der Waals surface area contributed by atoms with Gasteiger partial charge in [-0.2, -0.15) is 5.10 Å². The molecule has 6 heteroatoms. The van der Waals surface area contributed by atoms with E-state index >= 15 is 0 Å². The number of furan rings is 1. The van der Waals surface area contributed by atoms with Gasteiger partial charge < -0.3 is 8.98 Å². The number of aromatic nitrogens is 1. The third-order valence-electron chi connectivity index (χ3n) is 4.21. The van der Waals surface area contributed by atoms with E-state index in [1.807, 2.05) is 6.92 Å². The monoisotopic (exact) mass is 371 g/mol. The minimum Gasteiger partial charge on any atom is -0.451 e. The fraction of sp³-hybridized carbons (Fsp3) is 0.300. The molecule has 2 aromatic heterocycles. The largest absolute Gasteiger partial charge is 0.451 e. The van der Waals surface area contributed by atoms with Crippen LogP contribution in [0.15, 0.2) is 39.9 Å². The summed E-state index contributed by atoms with van der Waals surface area (Å²) in [4.78, 5) is 12.2. The molecule has 136 valence electrons. The molecule has 0 bridgehead atoms. The molecule has 3 rings (SSSR count). The Bertz CT molecular complexity index is 1010. The van der Waals surface area contributed by atoms with Crippen LogP contribution in [0.1, 0.15) is 48.3 Å². The van der Waals surface area contributed by atoms with E-state index in [1.54, 1.807) is 30.5 Å². The number of amides is 1. The number of fused-ring (bicyclic) bond motifs is 1. The Kier molecular flexibility index (Phi) is 4.67. The smallest absolute Gasteiger partial charge is 0.307 e. The Hall–Kier alpha value is -2.53. The van der Waals surface area contributed by atoms with Crippen molar-refractivity contribution in [3.8, 4) is 0 Å². The van der Waals surface area contributed by atoms with Gasteiger partial charge in [0.1, 0.15) is 5.58 Å². The second-order valence-electron chi connectivity index (χ2n) is 7.32. The van der Waals surface area contributed by atoms with Gasteiger partial charge in [-0.1, -0.05) is 11.6 Å². The minimum absolute atomic E-state index is 0.0148. The van der Waals surface area contributed by atoms with E-state index in [1.165, 1.54) is 0 Å². The molecular weight excluding hydrogens is 350 g/mol. The Morgan fingerprint density at radius 1 is 1.23 bits per heavy atom. The van der Waals surface area contributed by atoms with Gasteiger partial charge in [-0.05, 0) is 65.0 Å². The topological polar surface area (TPSA) is 59.5 Å². The summed E-state index contributed by atoms with van der Waals surface area (Å²) in [6.07, 6.45) is 1.65. The maximum atomic E-state index is 12.2. The molecule has 0 fully saturated rings. The van der Waals surface area contributed by atoms with Crippen LogP contribution < -0.4 is 5.43 Å². The number of carbonyl (C=O) groups excluding carboxylic acids is 1. The van der Waals surface area contributed by atoms with Gasteiger partial charge >= 0.3 is 5.91 Å². The highest BCUT2D eigenvalue weighted by Crippen LogP contribution is 2.24. The van der Waals surface area contributed by atoms with Crippen molar-refractivity contribution in [3.05, 3.63) is 58.1 Å². The number of benzene rings is 1. The maximum Gasteiger partial charge on any atom is 0.307 e. The Balaban J connectivity index is 1.77. The lowest BCUT2D eigenvalue weighted by Gasteiger charge is -2.25. The molecular formula is C20H22ClN3O2. The van der Waals surface area contributed by atoms with Gasteiger partial charge in [-0.3, -0.25) is 4.79 Å². The summed E-state index contributed by atoms with van der Waals surface area (Å²) in [5.41, 5.74) is 6.33. The third-order valence-corrected chi connectivity index (χ3v) is 4.45. The molecule has 2 heterocycles. The fourth-order valence-electron chi connectivity index (χ4n) is 3.29. The molecule has 1 amide bonds. The molecule has 0 radical (unpaired) electrons. The van der Waals surface area contributed by atoms with Crippen molar-refractivity contribution < 1.29 is 9.21 Å². The van der Waals surface area contributed by atoms with E-state index in [4.69, 9.17) is 16.0 Å². The lowest BCUT2D eigenvalue weighted by molar-refractivity contribution is 0.0929. The lowest BCUT2D eigenvalue weighted by atomic mass is 10.1. The van der Waals surface area contributed by atoms with E-state index in [-0.39, 0.29) is 11.3 Å². The molecule has 0 aliphatic rings. The molecule has 0 aliphatic carbocycles. The predicted molar refractivity (Wildman–Crippen MR) is 105 cm³/mol. The Morgan fingerprint density at radius 2 is 1.96 bits per heavy atom. The number of hydrazone groups is 1. The first-order chi connectivity index (χ1) is 12.2. The number of carbonyl (C=O) groups is 1.